The maximum Gasteiger partial charge on any atom is 0.234 e. The van der Waals surface area contributed by atoms with Crippen molar-refractivity contribution in [3.8, 4) is 17.1 Å². The van der Waals surface area contributed by atoms with Gasteiger partial charge in [0.15, 0.2) is 0 Å². The van der Waals surface area contributed by atoms with Crippen LogP contribution in [0.5, 0.6) is 0 Å². The Morgan fingerprint density at radius 1 is 1.04 bits per heavy atom. The molecule has 1 unspecified atom stereocenters. The molecule has 0 aliphatic carbocycles. The molecular weight excluding hydrogens is 349 g/mol. The smallest absolute Gasteiger partial charge is 0.234 e. The summed E-state index contributed by atoms with van der Waals surface area (Å²) < 4.78 is 28.1. The molecule has 2 aromatic carbocycles. The van der Waals surface area contributed by atoms with Gasteiger partial charge < -0.3 is 0 Å². The number of benzene rings is 2. The van der Waals surface area contributed by atoms with E-state index in [1.807, 2.05) is 42.0 Å². The minimum atomic E-state index is -1.08. The van der Waals surface area contributed by atoms with Gasteiger partial charge in [-0.3, -0.25) is 8.78 Å². The first-order valence-electron chi connectivity index (χ1n) is 8.25. The highest BCUT2D eigenvalue weighted by Gasteiger charge is 2.15. The number of nitrogens with zero attached hydrogens (tertiary/aromatic N) is 3. The second-order valence-electron chi connectivity index (χ2n) is 5.77. The second-order valence-corrected chi connectivity index (χ2v) is 7.47. The van der Waals surface area contributed by atoms with Gasteiger partial charge in [0.1, 0.15) is 5.82 Å². The third-order valence-electron chi connectivity index (χ3n) is 4.22. The van der Waals surface area contributed by atoms with Crippen LogP contribution in [0.25, 0.3) is 28.0 Å². The molecule has 2 heterocycles. The first-order chi connectivity index (χ1) is 12.7. The second kappa shape index (κ2) is 6.80. The van der Waals surface area contributed by atoms with Gasteiger partial charge in [-0.25, -0.2) is 14.4 Å². The Morgan fingerprint density at radius 2 is 1.73 bits per heavy atom. The van der Waals surface area contributed by atoms with E-state index in [0.717, 1.165) is 15.8 Å². The van der Waals surface area contributed by atoms with Gasteiger partial charge in [-0.05, 0) is 12.1 Å². The van der Waals surface area contributed by atoms with Crippen molar-refractivity contribution in [1.29, 1.82) is 0 Å². The Balaban J connectivity index is 1.81. The zero-order valence-corrected chi connectivity index (χ0v) is 14.9. The third-order valence-corrected chi connectivity index (χ3v) is 5.56. The monoisotopic (exact) mass is 365 g/mol. The lowest BCUT2D eigenvalue weighted by Crippen LogP contribution is -2.00. The fourth-order valence-electron chi connectivity index (χ4n) is 2.93. The molecule has 6 heteroatoms. The molecule has 4 nitrogen and oxygen atoms in total. The molecule has 2 aromatic heterocycles. The van der Waals surface area contributed by atoms with Gasteiger partial charge in [-0.15, -0.1) is 0 Å². The normalized spacial score (nSPS) is 12.4. The van der Waals surface area contributed by atoms with E-state index >= 15 is 0 Å². The van der Waals surface area contributed by atoms with Gasteiger partial charge in [-0.2, -0.15) is 0 Å². The lowest BCUT2D eigenvalue weighted by molar-refractivity contribution is 0.631. The zero-order chi connectivity index (χ0) is 18.1. The molecule has 0 amide bonds. The lowest BCUT2D eigenvalue weighted by atomic mass is 10.1. The van der Waals surface area contributed by atoms with Crippen molar-refractivity contribution < 1.29 is 8.60 Å². The SMILES string of the molecule is CCS(=O)c1cn(-c2ncc(-c3ccccc3F)cn2)c2ccccc12. The van der Waals surface area contributed by atoms with Crippen molar-refractivity contribution in [2.45, 2.75) is 11.8 Å². The van der Waals surface area contributed by atoms with E-state index < -0.39 is 10.8 Å². The number of hydrogen-bond acceptors (Lipinski definition) is 3. The maximum absolute atomic E-state index is 13.9. The molecular formula is C20H16FN3OS. The largest absolute Gasteiger partial charge is 0.284 e. The van der Waals surface area contributed by atoms with Crippen LogP contribution in [0, 0.1) is 5.82 Å². The molecule has 0 bridgehead atoms. The first kappa shape index (κ1) is 16.6. The predicted molar refractivity (Wildman–Crippen MR) is 101 cm³/mol. The van der Waals surface area contributed by atoms with Gasteiger partial charge in [-0.1, -0.05) is 43.3 Å². The van der Waals surface area contributed by atoms with Crippen LogP contribution in [0.3, 0.4) is 0 Å². The van der Waals surface area contributed by atoms with Crippen LogP contribution in [0.2, 0.25) is 0 Å². The summed E-state index contributed by atoms with van der Waals surface area (Å²) in [6.45, 7) is 1.89. The lowest BCUT2D eigenvalue weighted by Gasteiger charge is -2.06. The summed E-state index contributed by atoms with van der Waals surface area (Å²) in [5.74, 6) is 0.692. The van der Waals surface area contributed by atoms with Gasteiger partial charge in [0, 0.05) is 40.9 Å². The molecule has 4 aromatic rings. The van der Waals surface area contributed by atoms with Crippen molar-refractivity contribution in [2.24, 2.45) is 0 Å². The number of fused-ring (bicyclic) bond motifs is 1. The van der Waals surface area contributed by atoms with Crippen molar-refractivity contribution in [3.63, 3.8) is 0 Å². The maximum atomic E-state index is 13.9. The summed E-state index contributed by atoms with van der Waals surface area (Å²) in [6, 6.07) is 14.3. The van der Waals surface area contributed by atoms with Crippen LogP contribution in [-0.4, -0.2) is 24.5 Å². The van der Waals surface area contributed by atoms with E-state index in [9.17, 15) is 8.60 Å². The third kappa shape index (κ3) is 2.82. The molecule has 1 atom stereocenters. The molecule has 26 heavy (non-hydrogen) atoms. The van der Waals surface area contributed by atoms with Crippen LogP contribution in [0.4, 0.5) is 4.39 Å². The van der Waals surface area contributed by atoms with E-state index in [4.69, 9.17) is 0 Å². The standard InChI is InChI=1S/C20H16FN3OS/c1-2-26(25)19-13-24(18-10-6-4-8-16(18)19)20-22-11-14(12-23-20)15-7-3-5-9-17(15)21/h3-13H,2H2,1H3. The Bertz CT molecular complexity index is 1110. The summed E-state index contributed by atoms with van der Waals surface area (Å²) in [5, 5.41) is 0.925. The Hall–Kier alpha value is -2.86. The highest BCUT2D eigenvalue weighted by atomic mass is 32.2. The summed E-state index contributed by atoms with van der Waals surface area (Å²) in [5.41, 5.74) is 1.97. The number of rotatable bonds is 4. The highest BCUT2D eigenvalue weighted by molar-refractivity contribution is 7.85. The van der Waals surface area contributed by atoms with Crippen LogP contribution in [-0.2, 0) is 10.8 Å². The quantitative estimate of drug-likeness (QED) is 0.540. The number of hydrogen-bond donors (Lipinski definition) is 0. The molecule has 0 aliphatic heterocycles. The molecule has 0 N–H and O–H groups in total. The van der Waals surface area contributed by atoms with E-state index in [2.05, 4.69) is 9.97 Å². The Morgan fingerprint density at radius 3 is 2.46 bits per heavy atom. The molecule has 0 aliphatic rings. The topological polar surface area (TPSA) is 47.8 Å². The van der Waals surface area contributed by atoms with Crippen molar-refractivity contribution in [3.05, 3.63) is 72.9 Å². The van der Waals surface area contributed by atoms with E-state index in [-0.39, 0.29) is 5.82 Å². The van der Waals surface area contributed by atoms with Crippen LogP contribution < -0.4 is 0 Å². The van der Waals surface area contributed by atoms with Crippen LogP contribution >= 0.6 is 0 Å². The van der Waals surface area contributed by atoms with Gasteiger partial charge >= 0.3 is 0 Å². The van der Waals surface area contributed by atoms with Crippen molar-refractivity contribution in [1.82, 2.24) is 14.5 Å². The zero-order valence-electron chi connectivity index (χ0n) is 14.1. The van der Waals surface area contributed by atoms with E-state index in [1.54, 1.807) is 30.6 Å². The summed E-state index contributed by atoms with van der Waals surface area (Å²) in [6.07, 6.45) is 5.03. The molecule has 0 saturated heterocycles. The molecule has 0 radical (unpaired) electrons. The summed E-state index contributed by atoms with van der Waals surface area (Å²) in [7, 11) is -1.08. The molecule has 4 rings (SSSR count). The highest BCUT2D eigenvalue weighted by Crippen LogP contribution is 2.27. The summed E-state index contributed by atoms with van der Waals surface area (Å²) >= 11 is 0. The number of halogens is 1. The van der Waals surface area contributed by atoms with Crippen LogP contribution in [0.15, 0.2) is 72.0 Å². The molecule has 0 fully saturated rings. The van der Waals surface area contributed by atoms with Crippen molar-refractivity contribution in [2.75, 3.05) is 5.75 Å². The van der Waals surface area contributed by atoms with E-state index in [1.165, 1.54) is 6.07 Å². The predicted octanol–water partition coefficient (Wildman–Crippen LogP) is 4.35. The van der Waals surface area contributed by atoms with Gasteiger partial charge in [0.25, 0.3) is 0 Å². The minimum Gasteiger partial charge on any atom is -0.284 e. The molecule has 0 spiro atoms. The molecule has 0 saturated carbocycles. The van der Waals surface area contributed by atoms with Crippen molar-refractivity contribution >= 4 is 21.7 Å². The Kier molecular flexibility index (Phi) is 4.34. The fraction of sp³-hybridized carbons (Fsp3) is 0.100. The number of aromatic nitrogens is 3. The first-order valence-corrected chi connectivity index (χ1v) is 9.56. The van der Waals surface area contributed by atoms with Gasteiger partial charge in [0.2, 0.25) is 5.95 Å². The fourth-order valence-corrected chi connectivity index (χ4v) is 3.88. The number of para-hydroxylation sites is 1. The molecule has 130 valence electrons. The minimum absolute atomic E-state index is 0.309. The average Bonchev–Trinajstić information content (AvgIpc) is 3.08. The van der Waals surface area contributed by atoms with Crippen LogP contribution in [0.1, 0.15) is 6.92 Å². The summed E-state index contributed by atoms with van der Waals surface area (Å²) in [4.78, 5) is 9.57. The Labute approximate surface area is 152 Å². The average molecular weight is 365 g/mol. The van der Waals surface area contributed by atoms with E-state index in [0.29, 0.717) is 22.8 Å². The van der Waals surface area contributed by atoms with Gasteiger partial charge in [0.05, 0.1) is 21.2 Å².